The minimum atomic E-state index is -0.396. The normalized spacial score (nSPS) is 14.5. The van der Waals surface area contributed by atoms with Crippen LogP contribution in [0.4, 0.5) is 0 Å². The number of rotatable bonds is 12. The summed E-state index contributed by atoms with van der Waals surface area (Å²) in [5.74, 6) is 0.501. The highest BCUT2D eigenvalue weighted by Crippen LogP contribution is 2.41. The molecule has 0 saturated heterocycles. The molecule has 1 aromatic carbocycles. The van der Waals surface area contributed by atoms with Gasteiger partial charge in [0, 0.05) is 36.7 Å². The Labute approximate surface area is 184 Å². The fraction of sp³-hybridized carbons (Fsp3) is 0.636. The lowest BCUT2D eigenvalue weighted by Crippen LogP contribution is -2.32. The summed E-state index contributed by atoms with van der Waals surface area (Å²) >= 11 is 1.31. The summed E-state index contributed by atoms with van der Waals surface area (Å²) in [6.07, 6.45) is 2.97. The fourth-order valence-corrected chi connectivity index (χ4v) is 3.76. The lowest BCUT2D eigenvalue weighted by molar-refractivity contribution is -0.144. The molecule has 0 aromatic heterocycles. The number of hydrogen-bond acceptors (Lipinski definition) is 8. The Balaban J connectivity index is 1.76. The molecule has 1 N–H and O–H groups in total. The summed E-state index contributed by atoms with van der Waals surface area (Å²) in [5.41, 5.74) is 0.749. The Morgan fingerprint density at radius 2 is 2.07 bits per heavy atom. The number of nitrogens with zero attached hydrogens (tertiary/aromatic N) is 1. The zero-order chi connectivity index (χ0) is 22.1. The van der Waals surface area contributed by atoms with Crippen LogP contribution in [0, 0.1) is 0 Å². The standard InChI is InChI=1S/C22H34N2O5S/c1-6-7-13-27-19(25)11-12-24(16(2)3)30-23-15-20(26)28-18-10-8-9-17-14-22(4,5)29-21(17)18/h8-10,16,23H,6-7,11-15H2,1-5H3. The molecule has 1 aliphatic rings. The molecule has 0 bridgehead atoms. The van der Waals surface area contributed by atoms with Gasteiger partial charge in [-0.25, -0.2) is 9.03 Å². The molecule has 8 heteroatoms. The maximum absolute atomic E-state index is 12.3. The topological polar surface area (TPSA) is 77.1 Å². The van der Waals surface area contributed by atoms with Gasteiger partial charge < -0.3 is 14.2 Å². The predicted octanol–water partition coefficient (Wildman–Crippen LogP) is 3.90. The Hall–Kier alpha value is -1.77. The molecule has 30 heavy (non-hydrogen) atoms. The van der Waals surface area contributed by atoms with Crippen LogP contribution < -0.4 is 14.2 Å². The molecule has 1 aromatic rings. The second-order valence-corrected chi connectivity index (χ2v) is 9.17. The Morgan fingerprint density at radius 3 is 2.77 bits per heavy atom. The number of esters is 2. The van der Waals surface area contributed by atoms with Crippen LogP contribution in [0.2, 0.25) is 0 Å². The van der Waals surface area contributed by atoms with Crippen molar-refractivity contribution >= 4 is 24.1 Å². The van der Waals surface area contributed by atoms with Gasteiger partial charge in [-0.05, 0) is 40.2 Å². The molecule has 0 atom stereocenters. The van der Waals surface area contributed by atoms with Gasteiger partial charge in [0.05, 0.1) is 13.0 Å². The Kier molecular flexibility index (Phi) is 9.45. The van der Waals surface area contributed by atoms with Crippen molar-refractivity contribution in [1.29, 1.82) is 0 Å². The molecule has 0 saturated carbocycles. The zero-order valence-electron chi connectivity index (χ0n) is 18.7. The van der Waals surface area contributed by atoms with Crippen molar-refractivity contribution in [2.45, 2.75) is 71.9 Å². The van der Waals surface area contributed by atoms with Gasteiger partial charge in [-0.2, -0.15) is 0 Å². The summed E-state index contributed by atoms with van der Waals surface area (Å²) in [6.45, 7) is 11.2. The number of hydrogen-bond donors (Lipinski definition) is 1. The number of carbonyl (C=O) groups excluding carboxylic acids is 2. The van der Waals surface area contributed by atoms with Gasteiger partial charge in [0.25, 0.3) is 0 Å². The molecule has 1 aliphatic heterocycles. The van der Waals surface area contributed by atoms with E-state index in [2.05, 4.69) is 11.6 Å². The number of ether oxygens (including phenoxy) is 3. The molecule has 1 heterocycles. The van der Waals surface area contributed by atoms with Crippen LogP contribution in [0.5, 0.6) is 11.5 Å². The molecular weight excluding hydrogens is 404 g/mol. The first kappa shape index (κ1) is 24.5. The number of fused-ring (bicyclic) bond motifs is 1. The molecule has 2 rings (SSSR count). The third-order valence-electron chi connectivity index (χ3n) is 4.55. The second kappa shape index (κ2) is 11.6. The Morgan fingerprint density at radius 1 is 1.30 bits per heavy atom. The number of benzene rings is 1. The molecular formula is C22H34N2O5S. The lowest BCUT2D eigenvalue weighted by Gasteiger charge is -2.24. The SMILES string of the molecule is CCCCOC(=O)CCN(SNCC(=O)Oc1cccc2c1OC(C)(C)C2)C(C)C. The summed E-state index contributed by atoms with van der Waals surface area (Å²) < 4.78 is 21.7. The van der Waals surface area contributed by atoms with Crippen LogP contribution in [0.15, 0.2) is 18.2 Å². The quantitative estimate of drug-likeness (QED) is 0.228. The van der Waals surface area contributed by atoms with E-state index in [4.69, 9.17) is 14.2 Å². The van der Waals surface area contributed by atoms with Crippen LogP contribution in [0.25, 0.3) is 0 Å². The molecule has 0 unspecified atom stereocenters. The van der Waals surface area contributed by atoms with E-state index < -0.39 is 5.97 Å². The monoisotopic (exact) mass is 438 g/mol. The van der Waals surface area contributed by atoms with E-state index in [1.165, 1.54) is 12.1 Å². The average Bonchev–Trinajstić information content (AvgIpc) is 2.99. The van der Waals surface area contributed by atoms with E-state index in [1.807, 2.05) is 44.1 Å². The second-order valence-electron chi connectivity index (χ2n) is 8.23. The van der Waals surface area contributed by atoms with Crippen LogP contribution in [0.3, 0.4) is 0 Å². The average molecular weight is 439 g/mol. The van der Waals surface area contributed by atoms with Crippen molar-refractivity contribution in [3.63, 3.8) is 0 Å². The van der Waals surface area contributed by atoms with E-state index in [1.54, 1.807) is 6.07 Å². The van der Waals surface area contributed by atoms with Crippen molar-refractivity contribution in [3.05, 3.63) is 23.8 Å². The van der Waals surface area contributed by atoms with Crippen LogP contribution in [-0.2, 0) is 20.7 Å². The molecule has 0 aliphatic carbocycles. The van der Waals surface area contributed by atoms with E-state index in [0.717, 1.165) is 24.8 Å². The number of unbranched alkanes of at least 4 members (excludes halogenated alkanes) is 1. The summed E-state index contributed by atoms with van der Waals surface area (Å²) in [5, 5.41) is 0. The van der Waals surface area contributed by atoms with E-state index >= 15 is 0 Å². The number of nitrogens with one attached hydrogen (secondary N) is 1. The van der Waals surface area contributed by atoms with Gasteiger partial charge in [0.1, 0.15) is 12.1 Å². The highest BCUT2D eigenvalue weighted by atomic mass is 32.2. The van der Waals surface area contributed by atoms with Crippen molar-refractivity contribution < 1.29 is 23.8 Å². The number of para-hydroxylation sites is 1. The maximum atomic E-state index is 12.3. The molecule has 0 fully saturated rings. The summed E-state index contributed by atoms with van der Waals surface area (Å²) in [4.78, 5) is 24.1. The summed E-state index contributed by atoms with van der Waals surface area (Å²) in [7, 11) is 0. The summed E-state index contributed by atoms with van der Waals surface area (Å²) in [6, 6.07) is 5.79. The number of carbonyl (C=O) groups is 2. The zero-order valence-corrected chi connectivity index (χ0v) is 19.5. The third kappa shape index (κ3) is 7.81. The van der Waals surface area contributed by atoms with Crippen LogP contribution >= 0.6 is 12.1 Å². The molecule has 0 spiro atoms. The lowest BCUT2D eigenvalue weighted by atomic mass is 10.0. The minimum Gasteiger partial charge on any atom is -0.483 e. The van der Waals surface area contributed by atoms with E-state index in [9.17, 15) is 9.59 Å². The van der Waals surface area contributed by atoms with Gasteiger partial charge in [-0.1, -0.05) is 25.5 Å². The van der Waals surface area contributed by atoms with Gasteiger partial charge in [-0.15, -0.1) is 0 Å². The molecule has 168 valence electrons. The van der Waals surface area contributed by atoms with Gasteiger partial charge in [-0.3, -0.25) is 9.59 Å². The van der Waals surface area contributed by atoms with Crippen molar-refractivity contribution in [2.75, 3.05) is 19.7 Å². The van der Waals surface area contributed by atoms with Crippen molar-refractivity contribution in [3.8, 4) is 11.5 Å². The predicted molar refractivity (Wildman–Crippen MR) is 118 cm³/mol. The first-order valence-electron chi connectivity index (χ1n) is 10.6. The first-order valence-corrected chi connectivity index (χ1v) is 11.3. The van der Waals surface area contributed by atoms with E-state index in [0.29, 0.717) is 31.1 Å². The minimum absolute atomic E-state index is 0.0297. The van der Waals surface area contributed by atoms with Gasteiger partial charge in [0.15, 0.2) is 11.5 Å². The fourth-order valence-electron chi connectivity index (χ4n) is 3.01. The smallest absolute Gasteiger partial charge is 0.326 e. The van der Waals surface area contributed by atoms with Gasteiger partial charge in [0.2, 0.25) is 0 Å². The van der Waals surface area contributed by atoms with E-state index in [-0.39, 0.29) is 24.2 Å². The molecule has 0 amide bonds. The van der Waals surface area contributed by atoms with Crippen molar-refractivity contribution in [1.82, 2.24) is 9.03 Å². The third-order valence-corrected chi connectivity index (χ3v) is 5.66. The first-order chi connectivity index (χ1) is 14.2. The largest absolute Gasteiger partial charge is 0.483 e. The molecule has 0 radical (unpaired) electrons. The van der Waals surface area contributed by atoms with Gasteiger partial charge >= 0.3 is 11.9 Å². The molecule has 7 nitrogen and oxygen atoms in total. The van der Waals surface area contributed by atoms with Crippen LogP contribution in [0.1, 0.15) is 59.4 Å². The maximum Gasteiger partial charge on any atom is 0.326 e. The highest BCUT2D eigenvalue weighted by Gasteiger charge is 2.32. The Bertz CT molecular complexity index is 723. The van der Waals surface area contributed by atoms with Crippen LogP contribution in [-0.4, -0.2) is 47.6 Å². The van der Waals surface area contributed by atoms with Crippen molar-refractivity contribution in [2.24, 2.45) is 0 Å². The highest BCUT2D eigenvalue weighted by molar-refractivity contribution is 7.95.